The number of ether oxygens (including phenoxy) is 1. The molecule has 5 fully saturated rings. The number of esters is 1. The van der Waals surface area contributed by atoms with Gasteiger partial charge in [0.2, 0.25) is 15.9 Å². The Balaban J connectivity index is 1.11. The minimum absolute atomic E-state index is 0.0395. The van der Waals surface area contributed by atoms with E-state index in [2.05, 4.69) is 17.5 Å². The molecule has 11 nitrogen and oxygen atoms in total. The number of hydrazone groups is 1. The topological polar surface area (TPSA) is 166 Å². The van der Waals surface area contributed by atoms with Crippen molar-refractivity contribution >= 4 is 28.1 Å². The molecule has 1 amide bonds. The molecule has 0 spiro atoms. The van der Waals surface area contributed by atoms with Gasteiger partial charge in [0.15, 0.2) is 0 Å². The van der Waals surface area contributed by atoms with Crippen molar-refractivity contribution in [3.05, 3.63) is 41.5 Å². The maximum atomic E-state index is 13.5. The number of carbonyl (C=O) groups excluding carboxylic acids is 2. The number of amides is 1. The lowest BCUT2D eigenvalue weighted by atomic mass is 9.41. The van der Waals surface area contributed by atoms with E-state index in [-0.39, 0.29) is 54.1 Å². The zero-order valence-corrected chi connectivity index (χ0v) is 28.8. The Bertz CT molecular complexity index is 1630. The number of fused-ring (bicyclic) bond motifs is 5. The first-order valence-electron chi connectivity index (χ1n) is 17.6. The number of aryl methyl sites for hydroxylation is 1. The molecular formula is C36H49N3O8S. The smallest absolute Gasteiger partial charge is 0.331 e. The number of nitrogens with zero attached hydrogens (tertiary/aromatic N) is 2. The standard InChI is InChI=1S/C36H49N3O8S/c1-23-5-7-27(8-6-23)48(45,46)39-17-3-4-24(20-39)32(42)38-37-22-34-14-9-26(40)19-35(34,43)15-11-30-29(34)10-13-33(2)28(12-16-36(30,33)44)25-18-31(41)47-21-25/h5-8,18,22,24,26,28-30,40,43-44H,3-4,9-17,19-21H2,1-2H3,(H,38,42)/b37-22-/t24-,26+,28+,29-,30+,33+,34-,35+,36-/m0/s1. The van der Waals surface area contributed by atoms with Gasteiger partial charge in [-0.25, -0.2) is 18.6 Å². The van der Waals surface area contributed by atoms with Gasteiger partial charge >= 0.3 is 5.97 Å². The van der Waals surface area contributed by atoms with Crippen molar-refractivity contribution in [3.8, 4) is 0 Å². The van der Waals surface area contributed by atoms with Crippen LogP contribution in [0.25, 0.3) is 0 Å². The van der Waals surface area contributed by atoms with Crippen LogP contribution in [-0.4, -0.2) is 83.1 Å². The molecule has 1 aromatic rings. The number of sulfonamides is 1. The summed E-state index contributed by atoms with van der Waals surface area (Å²) in [6.45, 7) is 4.71. The lowest BCUT2D eigenvalue weighted by molar-refractivity contribution is -0.237. The van der Waals surface area contributed by atoms with Crippen LogP contribution in [0.5, 0.6) is 0 Å². The van der Waals surface area contributed by atoms with Crippen LogP contribution in [0.1, 0.15) is 83.1 Å². The number of hydrogen-bond donors (Lipinski definition) is 4. The van der Waals surface area contributed by atoms with Crippen molar-refractivity contribution in [3.63, 3.8) is 0 Å². The van der Waals surface area contributed by atoms with Crippen molar-refractivity contribution in [1.82, 2.24) is 9.73 Å². The Morgan fingerprint density at radius 2 is 1.79 bits per heavy atom. The van der Waals surface area contributed by atoms with E-state index in [1.54, 1.807) is 36.6 Å². The quantitative estimate of drug-likeness (QED) is 0.202. The van der Waals surface area contributed by atoms with E-state index in [9.17, 15) is 33.3 Å². The number of hydrogen-bond acceptors (Lipinski definition) is 9. The lowest BCUT2D eigenvalue weighted by Crippen LogP contribution is -2.68. The normalized spacial score (nSPS) is 41.6. The van der Waals surface area contributed by atoms with Gasteiger partial charge in [0, 0.05) is 42.6 Å². The zero-order valence-electron chi connectivity index (χ0n) is 27.9. The summed E-state index contributed by atoms with van der Waals surface area (Å²) in [4.78, 5) is 25.6. The maximum absolute atomic E-state index is 13.5. The highest BCUT2D eigenvalue weighted by Crippen LogP contribution is 2.70. The van der Waals surface area contributed by atoms with Crippen molar-refractivity contribution in [2.45, 2.75) is 107 Å². The van der Waals surface area contributed by atoms with Gasteiger partial charge in [-0.2, -0.15) is 9.41 Å². The monoisotopic (exact) mass is 683 g/mol. The molecule has 6 aliphatic rings. The number of aliphatic hydroxyl groups is 3. The number of rotatable bonds is 6. The summed E-state index contributed by atoms with van der Waals surface area (Å²) >= 11 is 0. The highest BCUT2D eigenvalue weighted by atomic mass is 32.2. The molecule has 4 aliphatic carbocycles. The van der Waals surface area contributed by atoms with Crippen LogP contribution < -0.4 is 5.43 Å². The Labute approximate surface area is 282 Å². The van der Waals surface area contributed by atoms with Crippen LogP contribution >= 0.6 is 0 Å². The van der Waals surface area contributed by atoms with Crippen molar-refractivity contribution in [2.75, 3.05) is 19.7 Å². The number of nitrogens with one attached hydrogen (secondary N) is 1. The Hall–Kier alpha value is -2.64. The predicted octanol–water partition coefficient (Wildman–Crippen LogP) is 3.21. The molecule has 0 bridgehead atoms. The van der Waals surface area contributed by atoms with Gasteiger partial charge in [0.25, 0.3) is 0 Å². The van der Waals surface area contributed by atoms with E-state index >= 15 is 0 Å². The van der Waals surface area contributed by atoms with Gasteiger partial charge in [0.1, 0.15) is 6.61 Å². The molecule has 1 aromatic carbocycles. The van der Waals surface area contributed by atoms with E-state index in [0.29, 0.717) is 57.9 Å². The number of benzene rings is 1. The van der Waals surface area contributed by atoms with Gasteiger partial charge in [-0.15, -0.1) is 0 Å². The summed E-state index contributed by atoms with van der Waals surface area (Å²) in [6, 6.07) is 6.71. The van der Waals surface area contributed by atoms with Gasteiger partial charge in [-0.3, -0.25) is 4.79 Å². The third-order valence-electron chi connectivity index (χ3n) is 13.5. The predicted molar refractivity (Wildman–Crippen MR) is 177 cm³/mol. The lowest BCUT2D eigenvalue weighted by Gasteiger charge is -2.65. The summed E-state index contributed by atoms with van der Waals surface area (Å²) in [5.74, 6) is -1.48. The SMILES string of the molecule is Cc1ccc(S(=O)(=O)N2CCC[C@H](C(=O)N/N=C\[C@]34CC[C@@H](O)C[C@]3(O)CC[C@@H]3[C@@H]4CC[C@]4(C)[C@@H](C5=CC(=O)OC5)CC[C@]34O)C2)cc1. The average Bonchev–Trinajstić information content (AvgIpc) is 3.60. The minimum Gasteiger partial charge on any atom is -0.458 e. The Morgan fingerprint density at radius 3 is 2.52 bits per heavy atom. The zero-order chi connectivity index (χ0) is 34.1. The number of carbonyl (C=O) groups is 2. The minimum atomic E-state index is -3.75. The fourth-order valence-electron chi connectivity index (χ4n) is 10.9. The molecule has 4 N–H and O–H groups in total. The highest BCUT2D eigenvalue weighted by molar-refractivity contribution is 7.89. The molecule has 12 heteroatoms. The average molecular weight is 684 g/mol. The molecule has 0 unspecified atom stereocenters. The molecule has 7 rings (SSSR count). The molecule has 2 heterocycles. The molecule has 48 heavy (non-hydrogen) atoms. The van der Waals surface area contributed by atoms with E-state index in [1.807, 2.05) is 6.92 Å². The number of cyclic esters (lactones) is 1. The fourth-order valence-corrected chi connectivity index (χ4v) is 12.4. The van der Waals surface area contributed by atoms with Crippen LogP contribution in [0.2, 0.25) is 0 Å². The van der Waals surface area contributed by atoms with Crippen molar-refractivity contribution in [2.24, 2.45) is 39.6 Å². The summed E-state index contributed by atoms with van der Waals surface area (Å²) in [7, 11) is -3.75. The molecule has 262 valence electrons. The maximum Gasteiger partial charge on any atom is 0.331 e. The van der Waals surface area contributed by atoms with E-state index in [1.165, 1.54) is 4.31 Å². The van der Waals surface area contributed by atoms with Crippen molar-refractivity contribution in [1.29, 1.82) is 0 Å². The molecule has 0 radical (unpaired) electrons. The Morgan fingerprint density at radius 1 is 1.04 bits per heavy atom. The summed E-state index contributed by atoms with van der Waals surface area (Å²) in [5.41, 5.74) is 1.05. The molecule has 4 saturated carbocycles. The summed E-state index contributed by atoms with van der Waals surface area (Å²) in [5, 5.41) is 40.1. The van der Waals surface area contributed by atoms with Crippen LogP contribution in [0.4, 0.5) is 0 Å². The van der Waals surface area contributed by atoms with Gasteiger partial charge in [-0.1, -0.05) is 24.6 Å². The second-order valence-corrected chi connectivity index (χ2v) is 17.7. The largest absolute Gasteiger partial charge is 0.458 e. The van der Waals surface area contributed by atoms with Crippen LogP contribution in [0, 0.1) is 41.4 Å². The molecule has 0 aromatic heterocycles. The van der Waals surface area contributed by atoms with Gasteiger partial charge < -0.3 is 20.1 Å². The van der Waals surface area contributed by atoms with Gasteiger partial charge in [-0.05, 0) is 107 Å². The number of piperidine rings is 1. The van der Waals surface area contributed by atoms with Crippen LogP contribution in [0.15, 0.2) is 45.9 Å². The second kappa shape index (κ2) is 12.0. The van der Waals surface area contributed by atoms with E-state index < -0.39 is 44.1 Å². The first kappa shape index (κ1) is 33.8. The van der Waals surface area contributed by atoms with E-state index in [0.717, 1.165) is 24.0 Å². The highest BCUT2D eigenvalue weighted by Gasteiger charge is 2.71. The molecule has 1 saturated heterocycles. The van der Waals surface area contributed by atoms with E-state index in [4.69, 9.17) is 4.74 Å². The molecule has 2 aliphatic heterocycles. The summed E-state index contributed by atoms with van der Waals surface area (Å²) < 4.78 is 33.3. The third kappa shape index (κ3) is 5.20. The fraction of sp³-hybridized carbons (Fsp3) is 0.694. The third-order valence-corrected chi connectivity index (χ3v) is 15.4. The molecule has 9 atom stereocenters. The number of aliphatic hydroxyl groups excluding tert-OH is 1. The summed E-state index contributed by atoms with van der Waals surface area (Å²) in [6.07, 6.45) is 8.67. The van der Waals surface area contributed by atoms with Gasteiger partial charge in [0.05, 0.1) is 28.1 Å². The van der Waals surface area contributed by atoms with Crippen LogP contribution in [-0.2, 0) is 24.3 Å². The second-order valence-electron chi connectivity index (χ2n) is 15.8. The first-order chi connectivity index (χ1) is 22.7. The Kier molecular flexibility index (Phi) is 8.46. The first-order valence-corrected chi connectivity index (χ1v) is 19.1. The van der Waals surface area contributed by atoms with Crippen molar-refractivity contribution < 1.29 is 38.1 Å². The molecular weight excluding hydrogens is 634 g/mol. The van der Waals surface area contributed by atoms with Crippen LogP contribution in [0.3, 0.4) is 0 Å².